The van der Waals surface area contributed by atoms with Crippen LogP contribution in [0.15, 0.2) is 48.5 Å². The molecule has 0 fully saturated rings. The fraction of sp³-hybridized carbons (Fsp3) is 0.368. The molecule has 2 nitrogen and oxygen atoms in total. The average molecular weight is 280 g/mol. The zero-order valence-corrected chi connectivity index (χ0v) is 13.0. The first kappa shape index (κ1) is 14.0. The molecule has 0 radical (unpaired) electrons. The van der Waals surface area contributed by atoms with Crippen LogP contribution >= 0.6 is 0 Å². The minimum atomic E-state index is 0.576. The van der Waals surface area contributed by atoms with Crippen LogP contribution in [0.4, 0.5) is 11.4 Å². The van der Waals surface area contributed by atoms with Gasteiger partial charge in [0, 0.05) is 30.5 Å². The first-order valence-corrected chi connectivity index (χ1v) is 7.94. The van der Waals surface area contributed by atoms with Crippen LogP contribution in [0.2, 0.25) is 0 Å². The summed E-state index contributed by atoms with van der Waals surface area (Å²) in [6.45, 7) is 6.59. The Hall–Kier alpha value is -1.96. The number of para-hydroxylation sites is 1. The summed E-state index contributed by atoms with van der Waals surface area (Å²) in [5.74, 6) is 0. The number of fused-ring (bicyclic) bond motifs is 1. The van der Waals surface area contributed by atoms with Crippen molar-refractivity contribution in [1.29, 1.82) is 0 Å². The molecule has 1 aliphatic rings. The second kappa shape index (κ2) is 6.21. The van der Waals surface area contributed by atoms with Gasteiger partial charge in [0.25, 0.3) is 0 Å². The van der Waals surface area contributed by atoms with E-state index in [4.69, 9.17) is 0 Å². The lowest BCUT2D eigenvalue weighted by molar-refractivity contribution is 0.806. The molecule has 1 atom stereocenters. The molecule has 0 saturated carbocycles. The third kappa shape index (κ3) is 3.21. The molecule has 2 heteroatoms. The van der Waals surface area contributed by atoms with E-state index >= 15 is 0 Å². The topological polar surface area (TPSA) is 15.3 Å². The van der Waals surface area contributed by atoms with Crippen molar-refractivity contribution >= 4 is 11.4 Å². The maximum Gasteiger partial charge on any atom is 0.0375 e. The Balaban J connectivity index is 1.66. The Morgan fingerprint density at radius 2 is 1.95 bits per heavy atom. The number of benzene rings is 2. The third-order valence-corrected chi connectivity index (χ3v) is 4.27. The van der Waals surface area contributed by atoms with Crippen LogP contribution in [0.25, 0.3) is 0 Å². The predicted molar refractivity (Wildman–Crippen MR) is 91.3 cm³/mol. The summed E-state index contributed by atoms with van der Waals surface area (Å²) in [7, 11) is 0. The van der Waals surface area contributed by atoms with Gasteiger partial charge in [0.05, 0.1) is 0 Å². The third-order valence-electron chi connectivity index (χ3n) is 4.27. The maximum atomic E-state index is 3.52. The van der Waals surface area contributed by atoms with Gasteiger partial charge in [-0.3, -0.25) is 0 Å². The Kier molecular flexibility index (Phi) is 4.14. The van der Waals surface area contributed by atoms with Crippen molar-refractivity contribution in [3.8, 4) is 0 Å². The monoisotopic (exact) mass is 280 g/mol. The summed E-state index contributed by atoms with van der Waals surface area (Å²) in [4.78, 5) is 2.44. The zero-order chi connectivity index (χ0) is 14.7. The summed E-state index contributed by atoms with van der Waals surface area (Å²) >= 11 is 0. The van der Waals surface area contributed by atoms with Crippen LogP contribution in [0, 0.1) is 0 Å². The molecular formula is C19H24N2. The smallest absolute Gasteiger partial charge is 0.0375 e. The lowest BCUT2D eigenvalue weighted by atomic mass is 10.0. The van der Waals surface area contributed by atoms with Gasteiger partial charge in [0.1, 0.15) is 0 Å². The molecule has 2 aromatic rings. The highest BCUT2D eigenvalue weighted by molar-refractivity contribution is 5.58. The standard InChI is InChI=1S/C19H24N2/c1-3-21(18-7-5-4-6-8-18)12-11-16-9-10-19-17(14-16)13-15(2)20-19/h4-10,14-15,20H,3,11-13H2,1-2H3. The van der Waals surface area contributed by atoms with Gasteiger partial charge in [-0.2, -0.15) is 0 Å². The molecule has 0 amide bonds. The number of likely N-dealkylation sites (N-methyl/N-ethyl adjacent to an activating group) is 1. The highest BCUT2D eigenvalue weighted by atomic mass is 15.1. The highest BCUT2D eigenvalue weighted by Crippen LogP contribution is 2.26. The van der Waals surface area contributed by atoms with Crippen LogP contribution in [0.1, 0.15) is 25.0 Å². The number of anilines is 2. The lowest BCUT2D eigenvalue weighted by Crippen LogP contribution is -2.25. The fourth-order valence-electron chi connectivity index (χ4n) is 3.13. The van der Waals surface area contributed by atoms with Crippen molar-refractivity contribution < 1.29 is 0 Å². The van der Waals surface area contributed by atoms with Gasteiger partial charge < -0.3 is 10.2 Å². The molecule has 0 saturated heterocycles. The Labute approximate surface area is 127 Å². The van der Waals surface area contributed by atoms with Crippen molar-refractivity contribution in [2.75, 3.05) is 23.3 Å². The van der Waals surface area contributed by atoms with E-state index in [1.807, 2.05) is 0 Å². The van der Waals surface area contributed by atoms with Crippen LogP contribution in [0.3, 0.4) is 0 Å². The quantitative estimate of drug-likeness (QED) is 0.886. The van der Waals surface area contributed by atoms with E-state index in [-0.39, 0.29) is 0 Å². The minimum Gasteiger partial charge on any atom is -0.382 e. The van der Waals surface area contributed by atoms with Crippen molar-refractivity contribution in [1.82, 2.24) is 0 Å². The molecule has 1 aliphatic heterocycles. The van der Waals surface area contributed by atoms with E-state index in [1.54, 1.807) is 0 Å². The zero-order valence-electron chi connectivity index (χ0n) is 13.0. The van der Waals surface area contributed by atoms with E-state index < -0.39 is 0 Å². The van der Waals surface area contributed by atoms with E-state index in [0.29, 0.717) is 6.04 Å². The van der Waals surface area contributed by atoms with E-state index in [0.717, 1.165) is 25.9 Å². The van der Waals surface area contributed by atoms with Gasteiger partial charge in [0.15, 0.2) is 0 Å². The number of nitrogens with one attached hydrogen (secondary N) is 1. The van der Waals surface area contributed by atoms with Crippen molar-refractivity contribution in [3.63, 3.8) is 0 Å². The van der Waals surface area contributed by atoms with Gasteiger partial charge in [-0.1, -0.05) is 30.3 Å². The first-order chi connectivity index (χ1) is 10.3. The molecule has 1 N–H and O–H groups in total. The number of hydrogen-bond acceptors (Lipinski definition) is 2. The molecule has 3 rings (SSSR count). The van der Waals surface area contributed by atoms with Gasteiger partial charge in [0.2, 0.25) is 0 Å². The van der Waals surface area contributed by atoms with Gasteiger partial charge in [-0.25, -0.2) is 0 Å². The predicted octanol–water partition coefficient (Wildman–Crippen LogP) is 4.11. The second-order valence-corrected chi connectivity index (χ2v) is 5.91. The summed E-state index contributed by atoms with van der Waals surface area (Å²) in [5.41, 5.74) is 5.56. The molecule has 110 valence electrons. The van der Waals surface area contributed by atoms with Crippen molar-refractivity contribution in [3.05, 3.63) is 59.7 Å². The van der Waals surface area contributed by atoms with Crippen molar-refractivity contribution in [2.24, 2.45) is 0 Å². The van der Waals surface area contributed by atoms with Gasteiger partial charge in [-0.05, 0) is 56.0 Å². The SMILES string of the molecule is CCN(CCc1ccc2c(c1)CC(C)N2)c1ccccc1. The molecule has 1 heterocycles. The Morgan fingerprint density at radius 1 is 1.14 bits per heavy atom. The van der Waals surface area contributed by atoms with Crippen LogP contribution in [0.5, 0.6) is 0 Å². The number of rotatable bonds is 5. The average Bonchev–Trinajstić information content (AvgIpc) is 2.88. The van der Waals surface area contributed by atoms with Crippen LogP contribution < -0.4 is 10.2 Å². The summed E-state index contributed by atoms with van der Waals surface area (Å²) in [5, 5.41) is 3.52. The normalized spacial score (nSPS) is 16.4. The van der Waals surface area contributed by atoms with Gasteiger partial charge in [-0.15, -0.1) is 0 Å². The highest BCUT2D eigenvalue weighted by Gasteiger charge is 2.16. The largest absolute Gasteiger partial charge is 0.382 e. The Bertz CT molecular complexity index is 592. The van der Waals surface area contributed by atoms with Gasteiger partial charge >= 0.3 is 0 Å². The van der Waals surface area contributed by atoms with Crippen LogP contribution in [-0.2, 0) is 12.8 Å². The molecule has 2 aromatic carbocycles. The van der Waals surface area contributed by atoms with E-state index in [2.05, 4.69) is 72.6 Å². The minimum absolute atomic E-state index is 0.576. The lowest BCUT2D eigenvalue weighted by Gasteiger charge is -2.23. The van der Waals surface area contributed by atoms with Crippen molar-refractivity contribution in [2.45, 2.75) is 32.7 Å². The molecule has 1 unspecified atom stereocenters. The first-order valence-electron chi connectivity index (χ1n) is 7.94. The number of hydrogen-bond donors (Lipinski definition) is 1. The summed E-state index contributed by atoms with van der Waals surface area (Å²) in [6, 6.07) is 18.1. The second-order valence-electron chi connectivity index (χ2n) is 5.91. The molecular weight excluding hydrogens is 256 g/mol. The summed E-state index contributed by atoms with van der Waals surface area (Å²) in [6.07, 6.45) is 2.25. The molecule has 0 aliphatic carbocycles. The van der Waals surface area contributed by atoms with Crippen LogP contribution in [-0.4, -0.2) is 19.1 Å². The maximum absolute atomic E-state index is 3.52. The molecule has 21 heavy (non-hydrogen) atoms. The molecule has 0 spiro atoms. The summed E-state index contributed by atoms with van der Waals surface area (Å²) < 4.78 is 0. The Morgan fingerprint density at radius 3 is 2.71 bits per heavy atom. The molecule has 0 bridgehead atoms. The fourth-order valence-corrected chi connectivity index (χ4v) is 3.13. The number of nitrogens with zero attached hydrogens (tertiary/aromatic N) is 1. The van der Waals surface area contributed by atoms with E-state index in [1.165, 1.54) is 22.5 Å². The van der Waals surface area contributed by atoms with E-state index in [9.17, 15) is 0 Å². The molecule has 0 aromatic heterocycles.